The van der Waals surface area contributed by atoms with Crippen molar-refractivity contribution in [2.45, 2.75) is 20.5 Å². The molecule has 0 N–H and O–H groups in total. The van der Waals surface area contributed by atoms with Gasteiger partial charge in [0.05, 0.1) is 5.52 Å². The fourth-order valence-corrected chi connectivity index (χ4v) is 2.61. The van der Waals surface area contributed by atoms with Crippen LogP contribution < -0.4 is 4.74 Å². The van der Waals surface area contributed by atoms with Crippen LogP contribution in [0.3, 0.4) is 0 Å². The van der Waals surface area contributed by atoms with E-state index in [0.717, 1.165) is 21.7 Å². The Bertz CT molecular complexity index is 747. The highest BCUT2D eigenvalue weighted by molar-refractivity contribution is 9.10. The summed E-state index contributed by atoms with van der Waals surface area (Å²) in [4.78, 5) is 4.52. The summed E-state index contributed by atoms with van der Waals surface area (Å²) >= 11 is 3.50. The van der Waals surface area contributed by atoms with Gasteiger partial charge in [-0.25, -0.2) is 4.98 Å². The van der Waals surface area contributed by atoms with Gasteiger partial charge in [-0.15, -0.1) is 0 Å². The first-order valence-corrected chi connectivity index (χ1v) is 7.25. The van der Waals surface area contributed by atoms with Crippen molar-refractivity contribution in [3.05, 3.63) is 64.1 Å². The monoisotopic (exact) mass is 330 g/mol. The Hall–Kier alpha value is -1.81. The van der Waals surface area contributed by atoms with Crippen LogP contribution in [0.25, 0.3) is 5.52 Å². The molecule has 0 aliphatic carbocycles. The first-order chi connectivity index (χ1) is 9.63. The molecule has 0 spiro atoms. The molecule has 0 aliphatic rings. The number of hydrogen-bond acceptors (Lipinski definition) is 2. The van der Waals surface area contributed by atoms with Crippen molar-refractivity contribution in [2.24, 2.45) is 0 Å². The lowest BCUT2D eigenvalue weighted by Gasteiger charge is -2.06. The minimum Gasteiger partial charge on any atom is -0.486 e. The average molecular weight is 331 g/mol. The van der Waals surface area contributed by atoms with Crippen molar-refractivity contribution < 1.29 is 4.74 Å². The number of benzene rings is 1. The molecule has 2 aromatic heterocycles. The Morgan fingerprint density at radius 2 is 1.85 bits per heavy atom. The molecular formula is C16H15BrN2O. The molecule has 3 nitrogen and oxygen atoms in total. The van der Waals surface area contributed by atoms with Crippen LogP contribution in [0.15, 0.2) is 47.2 Å². The van der Waals surface area contributed by atoms with E-state index in [0.29, 0.717) is 6.61 Å². The molecule has 1 aromatic carbocycles. The molecule has 102 valence electrons. The zero-order chi connectivity index (χ0) is 14.1. The predicted octanol–water partition coefficient (Wildman–Crippen LogP) is 4.29. The molecule has 0 unspecified atom stereocenters. The number of rotatable bonds is 3. The van der Waals surface area contributed by atoms with Crippen molar-refractivity contribution in [2.75, 3.05) is 0 Å². The number of fused-ring (bicyclic) bond motifs is 1. The van der Waals surface area contributed by atoms with Gasteiger partial charge < -0.3 is 4.74 Å². The molecule has 0 amide bonds. The third-order valence-electron chi connectivity index (χ3n) is 3.22. The number of imidazole rings is 1. The van der Waals surface area contributed by atoms with Crippen LogP contribution in [0.1, 0.15) is 17.0 Å². The summed E-state index contributed by atoms with van der Waals surface area (Å²) in [5, 5.41) is 0. The lowest BCUT2D eigenvalue weighted by Crippen LogP contribution is -2.01. The number of halogens is 1. The molecule has 0 fully saturated rings. The zero-order valence-electron chi connectivity index (χ0n) is 11.4. The van der Waals surface area contributed by atoms with Crippen LogP contribution in [0.5, 0.6) is 5.75 Å². The number of pyridine rings is 1. The Labute approximate surface area is 126 Å². The van der Waals surface area contributed by atoms with Crippen LogP contribution >= 0.6 is 15.9 Å². The van der Waals surface area contributed by atoms with E-state index < -0.39 is 0 Å². The molecule has 0 radical (unpaired) electrons. The molecule has 0 saturated heterocycles. The standard InChI is InChI=1S/C16H15BrN2O/c1-11-3-5-13(6-4-11)20-10-15-18-16(17)14-9-12(2)7-8-19(14)15/h3-9H,10H2,1-2H3. The minimum atomic E-state index is 0.443. The van der Waals surface area contributed by atoms with Crippen molar-refractivity contribution in [1.29, 1.82) is 0 Å². The Kier molecular flexibility index (Phi) is 3.49. The predicted molar refractivity (Wildman–Crippen MR) is 83.1 cm³/mol. The van der Waals surface area contributed by atoms with Crippen LogP contribution in [0.2, 0.25) is 0 Å². The largest absolute Gasteiger partial charge is 0.486 e. The van der Waals surface area contributed by atoms with E-state index in [1.54, 1.807) is 0 Å². The first-order valence-electron chi connectivity index (χ1n) is 6.46. The van der Waals surface area contributed by atoms with Gasteiger partial charge in [0.25, 0.3) is 0 Å². The van der Waals surface area contributed by atoms with E-state index >= 15 is 0 Å². The second kappa shape index (κ2) is 5.29. The SMILES string of the molecule is Cc1ccc(OCc2nc(Br)c3cc(C)ccn23)cc1. The summed E-state index contributed by atoms with van der Waals surface area (Å²) in [5.41, 5.74) is 3.50. The average Bonchev–Trinajstić information content (AvgIpc) is 2.74. The van der Waals surface area contributed by atoms with Crippen molar-refractivity contribution in [3.63, 3.8) is 0 Å². The highest BCUT2D eigenvalue weighted by Crippen LogP contribution is 2.21. The smallest absolute Gasteiger partial charge is 0.152 e. The fourth-order valence-electron chi connectivity index (χ4n) is 2.10. The van der Waals surface area contributed by atoms with Gasteiger partial charge in [-0.05, 0) is 59.6 Å². The number of hydrogen-bond donors (Lipinski definition) is 0. The summed E-state index contributed by atoms with van der Waals surface area (Å²) < 4.78 is 8.69. The van der Waals surface area contributed by atoms with E-state index in [2.05, 4.69) is 46.9 Å². The molecular weight excluding hydrogens is 316 g/mol. The lowest BCUT2D eigenvalue weighted by atomic mass is 10.2. The third kappa shape index (κ3) is 2.56. The van der Waals surface area contributed by atoms with E-state index in [1.807, 2.05) is 34.9 Å². The first kappa shape index (κ1) is 13.2. The second-order valence-corrected chi connectivity index (χ2v) is 5.63. The molecule has 4 heteroatoms. The molecule has 0 saturated carbocycles. The van der Waals surface area contributed by atoms with Crippen LogP contribution in [-0.4, -0.2) is 9.38 Å². The zero-order valence-corrected chi connectivity index (χ0v) is 13.0. The summed E-state index contributed by atoms with van der Waals surface area (Å²) in [7, 11) is 0. The normalized spacial score (nSPS) is 10.9. The van der Waals surface area contributed by atoms with Gasteiger partial charge in [-0.3, -0.25) is 4.40 Å². The summed E-state index contributed by atoms with van der Waals surface area (Å²) in [6, 6.07) is 12.2. The van der Waals surface area contributed by atoms with Gasteiger partial charge in [0.1, 0.15) is 17.0 Å². The Morgan fingerprint density at radius 3 is 2.60 bits per heavy atom. The molecule has 3 rings (SSSR count). The molecule has 20 heavy (non-hydrogen) atoms. The van der Waals surface area contributed by atoms with Crippen LogP contribution in [0, 0.1) is 13.8 Å². The lowest BCUT2D eigenvalue weighted by molar-refractivity contribution is 0.295. The third-order valence-corrected chi connectivity index (χ3v) is 3.80. The van der Waals surface area contributed by atoms with Crippen molar-refractivity contribution in [1.82, 2.24) is 9.38 Å². The summed E-state index contributed by atoms with van der Waals surface area (Å²) in [6.07, 6.45) is 2.02. The number of aryl methyl sites for hydroxylation is 2. The van der Waals surface area contributed by atoms with Gasteiger partial charge in [-0.2, -0.15) is 0 Å². The molecule has 2 heterocycles. The molecule has 0 aliphatic heterocycles. The van der Waals surface area contributed by atoms with E-state index in [1.165, 1.54) is 11.1 Å². The van der Waals surface area contributed by atoms with Crippen LogP contribution in [-0.2, 0) is 6.61 Å². The van der Waals surface area contributed by atoms with Crippen molar-refractivity contribution >= 4 is 21.4 Å². The number of nitrogens with zero attached hydrogens (tertiary/aromatic N) is 2. The minimum absolute atomic E-state index is 0.443. The van der Waals surface area contributed by atoms with Crippen molar-refractivity contribution in [3.8, 4) is 5.75 Å². The maximum atomic E-state index is 5.79. The van der Waals surface area contributed by atoms with E-state index in [4.69, 9.17) is 4.74 Å². The number of ether oxygens (including phenoxy) is 1. The second-order valence-electron chi connectivity index (χ2n) is 4.88. The van der Waals surface area contributed by atoms with Gasteiger partial charge in [0.15, 0.2) is 5.82 Å². The van der Waals surface area contributed by atoms with E-state index in [-0.39, 0.29) is 0 Å². The van der Waals surface area contributed by atoms with Gasteiger partial charge in [-0.1, -0.05) is 17.7 Å². The van der Waals surface area contributed by atoms with Crippen LogP contribution in [0.4, 0.5) is 0 Å². The molecule has 0 atom stereocenters. The van der Waals surface area contributed by atoms with Gasteiger partial charge >= 0.3 is 0 Å². The Balaban J connectivity index is 1.86. The van der Waals surface area contributed by atoms with Gasteiger partial charge in [0, 0.05) is 6.20 Å². The highest BCUT2D eigenvalue weighted by atomic mass is 79.9. The molecule has 0 bridgehead atoms. The van der Waals surface area contributed by atoms with Gasteiger partial charge in [0.2, 0.25) is 0 Å². The maximum Gasteiger partial charge on any atom is 0.152 e. The van der Waals surface area contributed by atoms with E-state index in [9.17, 15) is 0 Å². The number of aromatic nitrogens is 2. The molecule has 3 aromatic rings. The fraction of sp³-hybridized carbons (Fsp3) is 0.188. The quantitative estimate of drug-likeness (QED) is 0.716. The summed E-state index contributed by atoms with van der Waals surface area (Å²) in [6.45, 7) is 4.58. The summed E-state index contributed by atoms with van der Waals surface area (Å²) in [5.74, 6) is 1.74. The maximum absolute atomic E-state index is 5.79. The highest BCUT2D eigenvalue weighted by Gasteiger charge is 2.09. The Morgan fingerprint density at radius 1 is 1.10 bits per heavy atom. The topological polar surface area (TPSA) is 26.5 Å².